The number of amides is 1. The molecule has 0 heterocycles. The lowest BCUT2D eigenvalue weighted by atomic mass is 10.1. The van der Waals surface area contributed by atoms with E-state index in [4.69, 9.17) is 5.11 Å². The van der Waals surface area contributed by atoms with Crippen molar-refractivity contribution in [3.05, 3.63) is 0 Å². The van der Waals surface area contributed by atoms with E-state index >= 15 is 0 Å². The number of aliphatic carboxylic acids is 1. The van der Waals surface area contributed by atoms with E-state index in [1.165, 1.54) is 0 Å². The monoisotopic (exact) mass is 202 g/mol. The molecule has 14 heavy (non-hydrogen) atoms. The van der Waals surface area contributed by atoms with Crippen molar-refractivity contribution in [2.24, 2.45) is 0 Å². The highest BCUT2D eigenvalue weighted by atomic mass is 16.4. The van der Waals surface area contributed by atoms with Crippen molar-refractivity contribution in [3.63, 3.8) is 0 Å². The highest BCUT2D eigenvalue weighted by Gasteiger charge is 2.13. The van der Waals surface area contributed by atoms with Crippen LogP contribution in [0, 0.1) is 0 Å². The zero-order chi connectivity index (χ0) is 11.1. The van der Waals surface area contributed by atoms with Gasteiger partial charge in [0.1, 0.15) is 0 Å². The molecule has 0 rings (SSSR count). The molecule has 5 heteroatoms. The van der Waals surface area contributed by atoms with E-state index in [9.17, 15) is 9.59 Å². The van der Waals surface area contributed by atoms with Gasteiger partial charge in [-0.15, -0.1) is 0 Å². The van der Waals surface area contributed by atoms with Crippen LogP contribution in [0.5, 0.6) is 0 Å². The molecule has 82 valence electrons. The molecule has 0 aliphatic carbocycles. The van der Waals surface area contributed by atoms with Gasteiger partial charge in [0.05, 0.1) is 6.04 Å². The fraction of sp³-hybridized carbons (Fsp3) is 0.778. The fourth-order valence-corrected chi connectivity index (χ4v) is 1.14. The van der Waals surface area contributed by atoms with Crippen molar-refractivity contribution < 1.29 is 14.7 Å². The molecular weight excluding hydrogens is 184 g/mol. The van der Waals surface area contributed by atoms with Gasteiger partial charge in [-0.05, 0) is 20.3 Å². The zero-order valence-corrected chi connectivity index (χ0v) is 8.83. The maximum Gasteiger partial charge on any atom is 0.303 e. The summed E-state index contributed by atoms with van der Waals surface area (Å²) < 4.78 is 0. The molecule has 2 unspecified atom stereocenters. The normalized spacial score (nSPS) is 14.5. The van der Waals surface area contributed by atoms with Gasteiger partial charge in [-0.1, -0.05) is 0 Å². The van der Waals surface area contributed by atoms with Gasteiger partial charge in [0.25, 0.3) is 0 Å². The van der Waals surface area contributed by atoms with Gasteiger partial charge in [0, 0.05) is 19.5 Å². The Hall–Kier alpha value is -1.10. The lowest BCUT2D eigenvalue weighted by Gasteiger charge is -2.17. The third-order valence-electron chi connectivity index (χ3n) is 1.97. The lowest BCUT2D eigenvalue weighted by Crippen LogP contribution is -2.44. The average molecular weight is 202 g/mol. The predicted octanol–water partition coefficient (Wildman–Crippen LogP) is -0.0362. The second kappa shape index (κ2) is 6.37. The third-order valence-corrected chi connectivity index (χ3v) is 1.97. The number of rotatable bonds is 6. The first-order chi connectivity index (χ1) is 6.47. The number of hydrogen-bond acceptors (Lipinski definition) is 3. The Labute approximate surface area is 83.9 Å². The van der Waals surface area contributed by atoms with E-state index in [0.717, 1.165) is 0 Å². The molecule has 0 bridgehead atoms. The maximum atomic E-state index is 11.1. The van der Waals surface area contributed by atoms with Crippen LogP contribution in [0.4, 0.5) is 0 Å². The van der Waals surface area contributed by atoms with Crippen molar-refractivity contribution in [3.8, 4) is 0 Å². The van der Waals surface area contributed by atoms with E-state index in [2.05, 4.69) is 10.6 Å². The topological polar surface area (TPSA) is 78.4 Å². The van der Waals surface area contributed by atoms with Gasteiger partial charge >= 0.3 is 5.97 Å². The third kappa shape index (κ3) is 5.53. The highest BCUT2D eigenvalue weighted by molar-refractivity contribution is 5.80. The molecule has 0 radical (unpaired) electrons. The second-order valence-electron chi connectivity index (χ2n) is 3.34. The minimum atomic E-state index is -0.814. The van der Waals surface area contributed by atoms with Crippen LogP contribution >= 0.6 is 0 Å². The fourth-order valence-electron chi connectivity index (χ4n) is 1.14. The first-order valence-corrected chi connectivity index (χ1v) is 4.66. The number of carboxylic acids is 1. The summed E-state index contributed by atoms with van der Waals surface area (Å²) in [6.07, 6.45) is 0.644. The average Bonchev–Trinajstić information content (AvgIpc) is 2.13. The molecule has 2 atom stereocenters. The van der Waals surface area contributed by atoms with Gasteiger partial charge in [-0.25, -0.2) is 0 Å². The van der Waals surface area contributed by atoms with Gasteiger partial charge in [-0.2, -0.15) is 0 Å². The number of carbonyl (C=O) groups is 2. The number of hydrogen-bond donors (Lipinski definition) is 3. The first kappa shape index (κ1) is 12.9. The molecule has 0 spiro atoms. The lowest BCUT2D eigenvalue weighted by molar-refractivity contribution is -0.137. The Morgan fingerprint density at radius 1 is 1.36 bits per heavy atom. The van der Waals surface area contributed by atoms with Crippen LogP contribution < -0.4 is 10.6 Å². The molecule has 0 aromatic rings. The smallest absolute Gasteiger partial charge is 0.303 e. The van der Waals surface area contributed by atoms with Crippen LogP contribution in [0.2, 0.25) is 0 Å². The van der Waals surface area contributed by atoms with Gasteiger partial charge in [-0.3, -0.25) is 9.59 Å². The van der Waals surface area contributed by atoms with Crippen LogP contribution in [0.3, 0.4) is 0 Å². The Kier molecular flexibility index (Phi) is 5.87. The SMILES string of the molecule is CNC(=O)C(C)NC(C)CCC(=O)O. The molecule has 0 aromatic carbocycles. The largest absolute Gasteiger partial charge is 0.481 e. The summed E-state index contributed by atoms with van der Waals surface area (Å²) in [5.41, 5.74) is 0. The van der Waals surface area contributed by atoms with E-state index in [-0.39, 0.29) is 24.4 Å². The van der Waals surface area contributed by atoms with Gasteiger partial charge in [0.2, 0.25) is 5.91 Å². The van der Waals surface area contributed by atoms with E-state index < -0.39 is 5.97 Å². The van der Waals surface area contributed by atoms with Gasteiger partial charge in [0.15, 0.2) is 0 Å². The number of likely N-dealkylation sites (N-methyl/N-ethyl adjacent to an activating group) is 1. The molecule has 0 fully saturated rings. The van der Waals surface area contributed by atoms with Crippen LogP contribution in [-0.2, 0) is 9.59 Å². The van der Waals surface area contributed by atoms with Crippen LogP contribution in [-0.4, -0.2) is 36.1 Å². The summed E-state index contributed by atoms with van der Waals surface area (Å²) in [4.78, 5) is 21.4. The zero-order valence-electron chi connectivity index (χ0n) is 8.83. The van der Waals surface area contributed by atoms with Crippen molar-refractivity contribution in [1.82, 2.24) is 10.6 Å². The second-order valence-corrected chi connectivity index (χ2v) is 3.34. The molecule has 1 amide bonds. The van der Waals surface area contributed by atoms with Crippen molar-refractivity contribution in [2.75, 3.05) is 7.05 Å². The molecule has 0 saturated heterocycles. The van der Waals surface area contributed by atoms with Crippen LogP contribution in [0.25, 0.3) is 0 Å². The van der Waals surface area contributed by atoms with Crippen LogP contribution in [0.15, 0.2) is 0 Å². The van der Waals surface area contributed by atoms with Gasteiger partial charge < -0.3 is 15.7 Å². The molecule has 5 nitrogen and oxygen atoms in total. The molecule has 3 N–H and O–H groups in total. The van der Waals surface area contributed by atoms with E-state index in [0.29, 0.717) is 6.42 Å². The summed E-state index contributed by atoms with van der Waals surface area (Å²) >= 11 is 0. The molecule has 0 aliphatic heterocycles. The summed E-state index contributed by atoms with van der Waals surface area (Å²) in [6, 6.07) is -0.262. The van der Waals surface area contributed by atoms with E-state index in [1.54, 1.807) is 14.0 Å². The first-order valence-electron chi connectivity index (χ1n) is 4.66. The molecule has 0 aliphatic rings. The molecular formula is C9H18N2O3. The summed E-state index contributed by atoms with van der Waals surface area (Å²) in [5.74, 6) is -0.904. The number of nitrogens with one attached hydrogen (secondary N) is 2. The summed E-state index contributed by atoms with van der Waals surface area (Å²) in [7, 11) is 1.57. The Bertz CT molecular complexity index is 206. The summed E-state index contributed by atoms with van der Waals surface area (Å²) in [5, 5.41) is 14.0. The number of carboxylic acid groups (broad SMARTS) is 1. The van der Waals surface area contributed by atoms with Crippen molar-refractivity contribution >= 4 is 11.9 Å². The molecule has 0 saturated carbocycles. The Balaban J connectivity index is 3.76. The van der Waals surface area contributed by atoms with Crippen LogP contribution in [0.1, 0.15) is 26.7 Å². The summed E-state index contributed by atoms with van der Waals surface area (Å²) in [6.45, 7) is 3.61. The predicted molar refractivity (Wildman–Crippen MR) is 53.0 cm³/mol. The van der Waals surface area contributed by atoms with Crippen molar-refractivity contribution in [1.29, 1.82) is 0 Å². The Morgan fingerprint density at radius 2 is 1.93 bits per heavy atom. The standard InChI is InChI=1S/C9H18N2O3/c1-6(4-5-8(12)13)11-7(2)9(14)10-3/h6-7,11H,4-5H2,1-3H3,(H,10,14)(H,12,13). The number of carbonyl (C=O) groups excluding carboxylic acids is 1. The minimum Gasteiger partial charge on any atom is -0.481 e. The van der Waals surface area contributed by atoms with E-state index in [1.807, 2.05) is 6.92 Å². The minimum absolute atomic E-state index is 0.0263. The highest BCUT2D eigenvalue weighted by Crippen LogP contribution is 1.97. The Morgan fingerprint density at radius 3 is 2.36 bits per heavy atom. The quantitative estimate of drug-likeness (QED) is 0.565. The molecule has 0 aromatic heterocycles. The maximum absolute atomic E-state index is 11.1. The van der Waals surface area contributed by atoms with Crippen molar-refractivity contribution in [2.45, 2.75) is 38.8 Å².